The summed E-state index contributed by atoms with van der Waals surface area (Å²) in [6.07, 6.45) is 2.18. The van der Waals surface area contributed by atoms with Crippen molar-refractivity contribution in [3.8, 4) is 0 Å². The number of hydrogen-bond acceptors (Lipinski definition) is 5. The van der Waals surface area contributed by atoms with Crippen molar-refractivity contribution in [3.05, 3.63) is 0 Å². The van der Waals surface area contributed by atoms with Crippen molar-refractivity contribution >= 4 is 9.84 Å². The van der Waals surface area contributed by atoms with Crippen LogP contribution in [0, 0.1) is 0 Å². The topological polar surface area (TPSA) is 58.6 Å². The molecule has 2 saturated heterocycles. The summed E-state index contributed by atoms with van der Waals surface area (Å²) in [4.78, 5) is 2.23. The Bertz CT molecular complexity index is 312. The molecule has 2 fully saturated rings. The van der Waals surface area contributed by atoms with E-state index in [-0.39, 0.29) is 0 Å². The van der Waals surface area contributed by atoms with Gasteiger partial charge in [-0.2, -0.15) is 0 Å². The van der Waals surface area contributed by atoms with Gasteiger partial charge in [0.05, 0.1) is 11.5 Å². The Morgan fingerprint density at radius 3 is 2.47 bits per heavy atom. The van der Waals surface area contributed by atoms with Crippen LogP contribution in [0.4, 0.5) is 0 Å². The molecule has 0 spiro atoms. The lowest BCUT2D eigenvalue weighted by molar-refractivity contribution is 0.0773. The molecule has 0 aromatic carbocycles. The zero-order valence-electron chi connectivity index (χ0n) is 10.2. The van der Waals surface area contributed by atoms with Crippen LogP contribution in [0.1, 0.15) is 12.8 Å². The molecule has 0 bridgehead atoms. The number of sulfone groups is 1. The molecule has 0 aromatic heterocycles. The lowest BCUT2D eigenvalue weighted by Crippen LogP contribution is -2.45. The van der Waals surface area contributed by atoms with Crippen LogP contribution in [-0.4, -0.2) is 70.3 Å². The maximum absolute atomic E-state index is 11.3. The van der Waals surface area contributed by atoms with E-state index < -0.39 is 9.84 Å². The first kappa shape index (κ1) is 13.3. The van der Waals surface area contributed by atoms with E-state index in [1.54, 1.807) is 0 Å². The molecule has 0 unspecified atom stereocenters. The molecule has 17 heavy (non-hydrogen) atoms. The number of nitrogens with one attached hydrogen (secondary N) is 1. The third kappa shape index (κ3) is 4.54. The smallest absolute Gasteiger partial charge is 0.152 e. The summed E-state index contributed by atoms with van der Waals surface area (Å²) in [6.45, 7) is 5.01. The predicted octanol–water partition coefficient (Wildman–Crippen LogP) is -0.515. The Kier molecular flexibility index (Phi) is 4.78. The van der Waals surface area contributed by atoms with Crippen molar-refractivity contribution < 1.29 is 13.2 Å². The highest BCUT2D eigenvalue weighted by molar-refractivity contribution is 7.91. The SMILES string of the molecule is O=S1(=O)CCN(CCNC2CCOCC2)CC1. The highest BCUT2D eigenvalue weighted by Crippen LogP contribution is 2.06. The van der Waals surface area contributed by atoms with Gasteiger partial charge in [-0.25, -0.2) is 8.42 Å². The van der Waals surface area contributed by atoms with Gasteiger partial charge in [0, 0.05) is 45.4 Å². The van der Waals surface area contributed by atoms with Crippen LogP contribution in [0.25, 0.3) is 0 Å². The summed E-state index contributed by atoms with van der Waals surface area (Å²) < 4.78 is 27.8. The van der Waals surface area contributed by atoms with Gasteiger partial charge in [-0.1, -0.05) is 0 Å². The highest BCUT2D eigenvalue weighted by Gasteiger charge is 2.21. The second-order valence-corrected chi connectivity index (χ2v) is 7.14. The average Bonchev–Trinajstić information content (AvgIpc) is 2.33. The summed E-state index contributed by atoms with van der Waals surface area (Å²) >= 11 is 0. The predicted molar refractivity (Wildman–Crippen MR) is 66.9 cm³/mol. The van der Waals surface area contributed by atoms with Crippen LogP contribution in [0.5, 0.6) is 0 Å². The summed E-state index contributed by atoms with van der Waals surface area (Å²) in [5.41, 5.74) is 0. The van der Waals surface area contributed by atoms with Crippen LogP contribution in [0.3, 0.4) is 0 Å². The Hall–Kier alpha value is -0.170. The van der Waals surface area contributed by atoms with Gasteiger partial charge < -0.3 is 15.0 Å². The molecule has 0 radical (unpaired) electrons. The fourth-order valence-corrected chi connectivity index (χ4v) is 3.58. The molecule has 100 valence electrons. The third-order valence-electron chi connectivity index (χ3n) is 3.52. The zero-order valence-corrected chi connectivity index (χ0v) is 11.0. The van der Waals surface area contributed by atoms with Gasteiger partial charge in [0.1, 0.15) is 0 Å². The minimum atomic E-state index is -2.74. The molecule has 0 atom stereocenters. The number of hydrogen-bond donors (Lipinski definition) is 1. The lowest BCUT2D eigenvalue weighted by atomic mass is 10.1. The Balaban J connectivity index is 1.59. The Morgan fingerprint density at radius 1 is 1.18 bits per heavy atom. The van der Waals surface area contributed by atoms with Crippen molar-refractivity contribution in [3.63, 3.8) is 0 Å². The van der Waals surface area contributed by atoms with Gasteiger partial charge in [0.15, 0.2) is 9.84 Å². The molecular formula is C11H22N2O3S. The maximum Gasteiger partial charge on any atom is 0.152 e. The standard InChI is InChI=1S/C11H22N2O3S/c14-17(15)9-5-13(6-10-17)4-3-12-11-1-7-16-8-2-11/h11-12H,1-10H2. The maximum atomic E-state index is 11.3. The summed E-state index contributed by atoms with van der Waals surface area (Å²) in [5, 5.41) is 3.52. The molecule has 0 amide bonds. The number of ether oxygens (including phenoxy) is 1. The Morgan fingerprint density at radius 2 is 1.82 bits per heavy atom. The fourth-order valence-electron chi connectivity index (χ4n) is 2.30. The van der Waals surface area contributed by atoms with E-state index in [1.165, 1.54) is 0 Å². The molecule has 2 rings (SSSR count). The van der Waals surface area contributed by atoms with E-state index in [2.05, 4.69) is 10.2 Å². The van der Waals surface area contributed by atoms with Crippen molar-refractivity contribution in [2.24, 2.45) is 0 Å². The van der Waals surface area contributed by atoms with E-state index in [4.69, 9.17) is 4.74 Å². The molecule has 2 aliphatic rings. The minimum absolute atomic E-state index is 0.324. The van der Waals surface area contributed by atoms with Gasteiger partial charge in [-0.3, -0.25) is 0 Å². The molecule has 0 aliphatic carbocycles. The van der Waals surface area contributed by atoms with E-state index in [0.717, 1.165) is 39.1 Å². The van der Waals surface area contributed by atoms with Crippen molar-refractivity contribution in [2.75, 3.05) is 50.9 Å². The molecule has 1 N–H and O–H groups in total. The first-order valence-electron chi connectivity index (χ1n) is 6.40. The third-order valence-corrected chi connectivity index (χ3v) is 5.13. The Labute approximate surface area is 103 Å². The van der Waals surface area contributed by atoms with Crippen LogP contribution in [0.15, 0.2) is 0 Å². The van der Waals surface area contributed by atoms with Gasteiger partial charge in [0.25, 0.3) is 0 Å². The van der Waals surface area contributed by atoms with Crippen LogP contribution < -0.4 is 5.32 Å². The summed E-state index contributed by atoms with van der Waals surface area (Å²) in [5.74, 6) is 0.647. The monoisotopic (exact) mass is 262 g/mol. The number of nitrogens with zero attached hydrogens (tertiary/aromatic N) is 1. The fraction of sp³-hybridized carbons (Fsp3) is 1.00. The molecule has 2 aliphatic heterocycles. The van der Waals surface area contributed by atoms with E-state index >= 15 is 0 Å². The quantitative estimate of drug-likeness (QED) is 0.739. The molecule has 0 aromatic rings. The van der Waals surface area contributed by atoms with Gasteiger partial charge >= 0.3 is 0 Å². The first-order chi connectivity index (χ1) is 8.16. The second-order valence-electron chi connectivity index (χ2n) is 4.83. The van der Waals surface area contributed by atoms with Crippen molar-refractivity contribution in [1.82, 2.24) is 10.2 Å². The normalized spacial score (nSPS) is 27.1. The highest BCUT2D eigenvalue weighted by atomic mass is 32.2. The minimum Gasteiger partial charge on any atom is -0.381 e. The summed E-state index contributed by atoms with van der Waals surface area (Å²) in [6, 6.07) is 0.581. The second kappa shape index (κ2) is 6.13. The number of rotatable bonds is 4. The molecule has 0 saturated carbocycles. The first-order valence-corrected chi connectivity index (χ1v) is 8.22. The molecule has 6 heteroatoms. The molecule has 2 heterocycles. The largest absolute Gasteiger partial charge is 0.381 e. The van der Waals surface area contributed by atoms with Gasteiger partial charge in [0.2, 0.25) is 0 Å². The van der Waals surface area contributed by atoms with Gasteiger partial charge in [-0.15, -0.1) is 0 Å². The van der Waals surface area contributed by atoms with Crippen molar-refractivity contribution in [1.29, 1.82) is 0 Å². The van der Waals surface area contributed by atoms with E-state index in [9.17, 15) is 8.42 Å². The van der Waals surface area contributed by atoms with Crippen molar-refractivity contribution in [2.45, 2.75) is 18.9 Å². The zero-order chi connectivity index (χ0) is 12.1. The van der Waals surface area contributed by atoms with Gasteiger partial charge in [-0.05, 0) is 12.8 Å². The molecule has 5 nitrogen and oxygen atoms in total. The van der Waals surface area contributed by atoms with Crippen LogP contribution in [-0.2, 0) is 14.6 Å². The molecular weight excluding hydrogens is 240 g/mol. The van der Waals surface area contributed by atoms with Crippen LogP contribution in [0.2, 0.25) is 0 Å². The lowest BCUT2D eigenvalue weighted by Gasteiger charge is -2.28. The van der Waals surface area contributed by atoms with Crippen LogP contribution >= 0.6 is 0 Å². The average molecular weight is 262 g/mol. The summed E-state index contributed by atoms with van der Waals surface area (Å²) in [7, 11) is -2.74. The van der Waals surface area contributed by atoms with E-state index in [1.807, 2.05) is 0 Å². The van der Waals surface area contributed by atoms with E-state index in [0.29, 0.717) is 30.6 Å².